The average molecular weight is 215 g/mol. The van der Waals surface area contributed by atoms with Gasteiger partial charge in [0.1, 0.15) is 0 Å². The second-order valence-corrected chi connectivity index (χ2v) is 3.42. The molecule has 0 unspecified atom stereocenters. The molecule has 0 saturated carbocycles. The summed E-state index contributed by atoms with van der Waals surface area (Å²) in [6.07, 6.45) is 3.05. The van der Waals surface area contributed by atoms with Crippen LogP contribution in [0.4, 0.5) is 0 Å². The second kappa shape index (κ2) is 4.61. The van der Waals surface area contributed by atoms with Crippen LogP contribution in [0, 0.1) is 0 Å². The maximum atomic E-state index is 10.9. The van der Waals surface area contributed by atoms with Crippen molar-refractivity contribution in [3.8, 4) is 0 Å². The number of nitrogens with one attached hydrogen (secondary N) is 1. The van der Waals surface area contributed by atoms with E-state index in [9.17, 15) is 4.79 Å². The lowest BCUT2D eigenvalue weighted by atomic mass is 10.3. The summed E-state index contributed by atoms with van der Waals surface area (Å²) in [5.41, 5.74) is 2.05. The van der Waals surface area contributed by atoms with Crippen LogP contribution in [0.5, 0.6) is 0 Å². The lowest BCUT2D eigenvalue weighted by Crippen LogP contribution is -2.24. The minimum atomic E-state index is -0.149. The van der Waals surface area contributed by atoms with E-state index in [4.69, 9.17) is 0 Å². The lowest BCUT2D eigenvalue weighted by Gasteiger charge is -2.04. The predicted octanol–water partition coefficient (Wildman–Crippen LogP) is 1.34. The van der Waals surface area contributed by atoms with Crippen LogP contribution in [0.2, 0.25) is 0 Å². The zero-order chi connectivity index (χ0) is 11.4. The molecular formula is C12H13N3O. The summed E-state index contributed by atoms with van der Waals surface area (Å²) >= 11 is 0. The molecule has 1 heterocycles. The van der Waals surface area contributed by atoms with Crippen LogP contribution in [-0.4, -0.2) is 22.0 Å². The molecule has 0 aliphatic carbocycles. The van der Waals surface area contributed by atoms with E-state index in [1.807, 2.05) is 28.8 Å². The van der Waals surface area contributed by atoms with Gasteiger partial charge in [-0.05, 0) is 18.2 Å². The van der Waals surface area contributed by atoms with E-state index in [0.29, 0.717) is 13.1 Å². The van der Waals surface area contributed by atoms with Crippen molar-refractivity contribution in [3.05, 3.63) is 43.2 Å². The zero-order valence-corrected chi connectivity index (χ0v) is 8.89. The van der Waals surface area contributed by atoms with Gasteiger partial charge in [0.25, 0.3) is 0 Å². The van der Waals surface area contributed by atoms with E-state index >= 15 is 0 Å². The largest absolute Gasteiger partial charge is 0.351 e. The summed E-state index contributed by atoms with van der Waals surface area (Å²) in [7, 11) is 0. The van der Waals surface area contributed by atoms with Crippen molar-refractivity contribution in [2.24, 2.45) is 0 Å². The minimum Gasteiger partial charge on any atom is -0.351 e. The first-order chi connectivity index (χ1) is 7.81. The van der Waals surface area contributed by atoms with Gasteiger partial charge in [-0.25, -0.2) is 4.98 Å². The Balaban J connectivity index is 2.04. The second-order valence-electron chi connectivity index (χ2n) is 3.42. The maximum Gasteiger partial charge on any atom is 0.243 e. The van der Waals surface area contributed by atoms with Gasteiger partial charge in [-0.15, -0.1) is 0 Å². The minimum absolute atomic E-state index is 0.149. The maximum absolute atomic E-state index is 10.9. The number of amides is 1. The Kier molecular flexibility index (Phi) is 3.00. The Morgan fingerprint density at radius 3 is 3.12 bits per heavy atom. The van der Waals surface area contributed by atoms with Gasteiger partial charge in [-0.1, -0.05) is 18.7 Å². The van der Waals surface area contributed by atoms with Crippen molar-refractivity contribution in [2.75, 3.05) is 6.54 Å². The number of rotatable bonds is 4. The zero-order valence-electron chi connectivity index (χ0n) is 8.89. The van der Waals surface area contributed by atoms with E-state index in [-0.39, 0.29) is 5.91 Å². The third kappa shape index (κ3) is 2.11. The highest BCUT2D eigenvalue weighted by Crippen LogP contribution is 2.10. The van der Waals surface area contributed by atoms with Crippen LogP contribution in [0.25, 0.3) is 11.0 Å². The molecule has 0 bridgehead atoms. The molecule has 0 aliphatic heterocycles. The first kappa shape index (κ1) is 10.4. The van der Waals surface area contributed by atoms with Crippen molar-refractivity contribution < 1.29 is 4.79 Å². The number of aromatic nitrogens is 2. The Hall–Kier alpha value is -2.10. The van der Waals surface area contributed by atoms with E-state index < -0.39 is 0 Å². The fraction of sp³-hybridized carbons (Fsp3) is 0.167. The molecule has 0 radical (unpaired) electrons. The molecule has 82 valence electrons. The molecule has 1 aromatic carbocycles. The van der Waals surface area contributed by atoms with Gasteiger partial charge in [0, 0.05) is 13.1 Å². The average Bonchev–Trinajstić information content (AvgIpc) is 2.73. The third-order valence-corrected chi connectivity index (χ3v) is 2.36. The topological polar surface area (TPSA) is 46.9 Å². The Bertz CT molecular complexity index is 516. The van der Waals surface area contributed by atoms with Crippen LogP contribution in [-0.2, 0) is 11.3 Å². The molecule has 1 amide bonds. The van der Waals surface area contributed by atoms with Gasteiger partial charge in [0.05, 0.1) is 17.4 Å². The van der Waals surface area contributed by atoms with Gasteiger partial charge in [-0.3, -0.25) is 4.79 Å². The molecular weight excluding hydrogens is 202 g/mol. The highest BCUT2D eigenvalue weighted by molar-refractivity contribution is 5.86. The number of imidazole rings is 1. The van der Waals surface area contributed by atoms with Crippen molar-refractivity contribution >= 4 is 16.9 Å². The summed E-state index contributed by atoms with van der Waals surface area (Å²) in [5.74, 6) is -0.149. The van der Waals surface area contributed by atoms with Crippen molar-refractivity contribution in [1.29, 1.82) is 0 Å². The Morgan fingerprint density at radius 1 is 1.50 bits per heavy atom. The summed E-state index contributed by atoms with van der Waals surface area (Å²) in [6.45, 7) is 4.68. The molecule has 2 rings (SSSR count). The lowest BCUT2D eigenvalue weighted by molar-refractivity contribution is -0.116. The third-order valence-electron chi connectivity index (χ3n) is 2.36. The fourth-order valence-corrected chi connectivity index (χ4v) is 1.56. The molecule has 0 saturated heterocycles. The van der Waals surface area contributed by atoms with Gasteiger partial charge in [0.2, 0.25) is 5.91 Å². The van der Waals surface area contributed by atoms with Gasteiger partial charge in [0.15, 0.2) is 0 Å². The summed E-state index contributed by atoms with van der Waals surface area (Å²) in [5, 5.41) is 2.73. The number of carbonyl (C=O) groups is 1. The number of hydrogen-bond donors (Lipinski definition) is 1. The fourth-order valence-electron chi connectivity index (χ4n) is 1.56. The quantitative estimate of drug-likeness (QED) is 0.782. The number of para-hydroxylation sites is 2. The molecule has 4 nitrogen and oxygen atoms in total. The van der Waals surface area contributed by atoms with Crippen LogP contribution < -0.4 is 5.32 Å². The standard InChI is InChI=1S/C12H13N3O/c1-2-12(16)13-7-8-15-9-14-10-5-3-4-6-11(10)15/h2-6,9H,1,7-8H2,(H,13,16). The number of benzene rings is 1. The van der Waals surface area contributed by atoms with Crippen LogP contribution >= 0.6 is 0 Å². The first-order valence-electron chi connectivity index (χ1n) is 5.11. The Labute approximate surface area is 93.6 Å². The summed E-state index contributed by atoms with van der Waals surface area (Å²) in [4.78, 5) is 15.2. The molecule has 16 heavy (non-hydrogen) atoms. The number of carbonyl (C=O) groups excluding carboxylic acids is 1. The summed E-state index contributed by atoms with van der Waals surface area (Å²) in [6, 6.07) is 7.91. The van der Waals surface area contributed by atoms with Gasteiger partial charge in [-0.2, -0.15) is 0 Å². The monoisotopic (exact) mass is 215 g/mol. The van der Waals surface area contributed by atoms with E-state index in [0.717, 1.165) is 11.0 Å². The van der Waals surface area contributed by atoms with Crippen LogP contribution in [0.3, 0.4) is 0 Å². The number of hydrogen-bond acceptors (Lipinski definition) is 2. The normalized spacial score (nSPS) is 10.2. The van der Waals surface area contributed by atoms with Crippen LogP contribution in [0.15, 0.2) is 43.2 Å². The molecule has 2 aromatic rings. The highest BCUT2D eigenvalue weighted by atomic mass is 16.1. The van der Waals surface area contributed by atoms with Crippen LogP contribution in [0.1, 0.15) is 0 Å². The summed E-state index contributed by atoms with van der Waals surface area (Å²) < 4.78 is 2.01. The van der Waals surface area contributed by atoms with E-state index in [1.54, 1.807) is 6.33 Å². The SMILES string of the molecule is C=CC(=O)NCCn1cnc2ccccc21. The number of nitrogens with zero attached hydrogens (tertiary/aromatic N) is 2. The molecule has 1 aromatic heterocycles. The molecule has 0 fully saturated rings. The van der Waals surface area contributed by atoms with Gasteiger partial charge < -0.3 is 9.88 Å². The van der Waals surface area contributed by atoms with Gasteiger partial charge >= 0.3 is 0 Å². The smallest absolute Gasteiger partial charge is 0.243 e. The first-order valence-corrected chi connectivity index (χ1v) is 5.11. The molecule has 4 heteroatoms. The van der Waals surface area contributed by atoms with Crippen molar-refractivity contribution in [1.82, 2.24) is 14.9 Å². The molecule has 0 aliphatic rings. The highest BCUT2D eigenvalue weighted by Gasteiger charge is 2.00. The Morgan fingerprint density at radius 2 is 2.31 bits per heavy atom. The van der Waals surface area contributed by atoms with E-state index in [1.165, 1.54) is 6.08 Å². The number of fused-ring (bicyclic) bond motifs is 1. The predicted molar refractivity (Wildman–Crippen MR) is 62.9 cm³/mol. The molecule has 0 spiro atoms. The van der Waals surface area contributed by atoms with Crippen molar-refractivity contribution in [3.63, 3.8) is 0 Å². The molecule has 1 N–H and O–H groups in total. The van der Waals surface area contributed by atoms with E-state index in [2.05, 4.69) is 16.9 Å². The van der Waals surface area contributed by atoms with Crippen molar-refractivity contribution in [2.45, 2.75) is 6.54 Å². The molecule has 0 atom stereocenters.